The Morgan fingerprint density at radius 2 is 1.85 bits per heavy atom. The minimum absolute atomic E-state index is 0.00225. The van der Waals surface area contributed by atoms with Crippen LogP contribution in [-0.4, -0.2) is 56.8 Å². The van der Waals surface area contributed by atoms with Gasteiger partial charge in [0.15, 0.2) is 14.6 Å². The number of nitrogens with one attached hydrogen (secondary N) is 1. The monoisotopic (exact) mass is 401 g/mol. The summed E-state index contributed by atoms with van der Waals surface area (Å²) in [5.74, 6) is -0.415. The normalized spacial score (nSPS) is 17.3. The minimum Gasteiger partial charge on any atom is -0.493 e. The lowest BCUT2D eigenvalue weighted by atomic mass is 9.98. The number of sulfone groups is 1. The van der Waals surface area contributed by atoms with Gasteiger partial charge in [0, 0.05) is 26.7 Å². The molecule has 0 radical (unpaired) electrons. The average molecular weight is 401 g/mol. The Labute approximate surface area is 159 Å². The summed E-state index contributed by atoms with van der Waals surface area (Å²) in [6.07, 6.45) is 0.626. The lowest BCUT2D eigenvalue weighted by molar-refractivity contribution is -0.134. The predicted molar refractivity (Wildman–Crippen MR) is 97.5 cm³/mol. The van der Waals surface area contributed by atoms with Crippen LogP contribution in [0.4, 0.5) is 0 Å². The summed E-state index contributed by atoms with van der Waals surface area (Å²) in [6.45, 7) is 4.57. The molecule has 9 heteroatoms. The minimum atomic E-state index is -4.03. The van der Waals surface area contributed by atoms with Crippen molar-refractivity contribution >= 4 is 15.7 Å². The molecule has 1 heterocycles. The van der Waals surface area contributed by atoms with Crippen molar-refractivity contribution in [1.29, 1.82) is 0 Å². The van der Waals surface area contributed by atoms with E-state index in [2.05, 4.69) is 0 Å². The van der Waals surface area contributed by atoms with Crippen LogP contribution in [0.5, 0.6) is 5.75 Å². The Kier molecular flexibility index (Phi) is 6.85. The van der Waals surface area contributed by atoms with E-state index in [1.807, 2.05) is 13.8 Å². The first-order valence-corrected chi connectivity index (χ1v) is 10.2. The van der Waals surface area contributed by atoms with Crippen LogP contribution < -0.4 is 10.2 Å². The maximum atomic E-state index is 13.1. The molecule has 8 nitrogen and oxygen atoms in total. The number of benzene rings is 1. The van der Waals surface area contributed by atoms with Gasteiger partial charge in [-0.25, -0.2) is 13.9 Å². The second kappa shape index (κ2) is 8.55. The van der Waals surface area contributed by atoms with E-state index in [0.29, 0.717) is 18.8 Å². The molecule has 0 unspecified atom stereocenters. The zero-order valence-electron chi connectivity index (χ0n) is 15.9. The van der Waals surface area contributed by atoms with Crippen LogP contribution in [-0.2, 0) is 24.1 Å². The number of carbonyl (C=O) groups excluding carboxylic acids is 1. The molecule has 1 aromatic carbocycles. The molecule has 1 aromatic rings. The number of methoxy groups -OCH3 is 1. The van der Waals surface area contributed by atoms with Crippen molar-refractivity contribution in [2.45, 2.75) is 48.4 Å². The maximum absolute atomic E-state index is 13.1. The third-order valence-corrected chi connectivity index (χ3v) is 7.50. The number of rotatable bonds is 8. The summed E-state index contributed by atoms with van der Waals surface area (Å²) in [4.78, 5) is 12.2. The van der Waals surface area contributed by atoms with Gasteiger partial charge in [0.05, 0.1) is 17.1 Å². The van der Waals surface area contributed by atoms with E-state index in [4.69, 9.17) is 19.4 Å². The first-order valence-electron chi connectivity index (χ1n) is 8.73. The first kappa shape index (κ1) is 21.6. The van der Waals surface area contributed by atoms with Gasteiger partial charge in [-0.1, -0.05) is 0 Å². The second-order valence-corrected chi connectivity index (χ2v) is 9.34. The maximum Gasteiger partial charge on any atom is 0.265 e. The molecule has 0 spiro atoms. The van der Waals surface area contributed by atoms with Crippen molar-refractivity contribution < 1.29 is 32.6 Å². The first-order chi connectivity index (χ1) is 12.7. The zero-order valence-corrected chi connectivity index (χ0v) is 16.7. The summed E-state index contributed by atoms with van der Waals surface area (Å²) in [6, 6.07) is 5.93. The third-order valence-electron chi connectivity index (χ3n) is 4.99. The zero-order chi connectivity index (χ0) is 20.1. The molecule has 2 N–H and O–H groups in total. The van der Waals surface area contributed by atoms with Gasteiger partial charge in [-0.15, -0.1) is 0 Å². The van der Waals surface area contributed by atoms with E-state index in [1.54, 1.807) is 19.2 Å². The Morgan fingerprint density at radius 3 is 2.37 bits per heavy atom. The van der Waals surface area contributed by atoms with Crippen molar-refractivity contribution in [3.8, 4) is 5.75 Å². The largest absolute Gasteiger partial charge is 0.493 e. The van der Waals surface area contributed by atoms with Crippen LogP contribution >= 0.6 is 0 Å². The van der Waals surface area contributed by atoms with Gasteiger partial charge < -0.3 is 14.2 Å². The van der Waals surface area contributed by atoms with Crippen molar-refractivity contribution in [3.05, 3.63) is 24.3 Å². The molecule has 1 amide bonds. The van der Waals surface area contributed by atoms with Gasteiger partial charge in [-0.2, -0.15) is 0 Å². The topological polar surface area (TPSA) is 111 Å². The van der Waals surface area contributed by atoms with Crippen LogP contribution in [0.15, 0.2) is 29.2 Å². The third kappa shape index (κ3) is 4.60. The number of hydrogen-bond acceptors (Lipinski definition) is 7. The molecule has 0 bridgehead atoms. The molecular weight excluding hydrogens is 374 g/mol. The molecule has 1 aliphatic heterocycles. The van der Waals surface area contributed by atoms with Gasteiger partial charge in [-0.3, -0.25) is 10.0 Å². The fourth-order valence-corrected chi connectivity index (χ4v) is 4.82. The van der Waals surface area contributed by atoms with Gasteiger partial charge >= 0.3 is 0 Å². The summed E-state index contributed by atoms with van der Waals surface area (Å²) in [5, 5.41) is 9.05. The SMILES string of the molecule is COC(C)(C)CCOc1ccc(S(=O)(=O)C2(C(=O)NO)CCOCC2)cc1. The number of ether oxygens (including phenoxy) is 3. The molecule has 0 aromatic heterocycles. The van der Waals surface area contributed by atoms with Crippen molar-refractivity contribution in [2.75, 3.05) is 26.9 Å². The van der Waals surface area contributed by atoms with Gasteiger partial charge in [0.1, 0.15) is 5.75 Å². The van der Waals surface area contributed by atoms with E-state index in [9.17, 15) is 13.2 Å². The molecule has 0 aliphatic carbocycles. The van der Waals surface area contributed by atoms with Gasteiger partial charge in [0.25, 0.3) is 5.91 Å². The fourth-order valence-electron chi connectivity index (χ4n) is 2.88. The Morgan fingerprint density at radius 1 is 1.26 bits per heavy atom. The Hall–Kier alpha value is -1.68. The molecule has 27 heavy (non-hydrogen) atoms. The molecule has 1 aliphatic rings. The van der Waals surface area contributed by atoms with Crippen molar-refractivity contribution in [2.24, 2.45) is 0 Å². The molecule has 0 saturated carbocycles. The Balaban J connectivity index is 2.17. The van der Waals surface area contributed by atoms with Crippen LogP contribution in [0.3, 0.4) is 0 Å². The van der Waals surface area contributed by atoms with E-state index in [-0.39, 0.29) is 36.6 Å². The lowest BCUT2D eigenvalue weighted by Gasteiger charge is -2.34. The number of hydrogen-bond donors (Lipinski definition) is 2. The smallest absolute Gasteiger partial charge is 0.265 e. The van der Waals surface area contributed by atoms with Crippen LogP contribution in [0.2, 0.25) is 0 Å². The van der Waals surface area contributed by atoms with E-state index in [0.717, 1.165) is 0 Å². The molecular formula is C18H27NO7S. The van der Waals surface area contributed by atoms with Crippen LogP contribution in [0.1, 0.15) is 33.1 Å². The molecule has 0 atom stereocenters. The Bertz CT molecular complexity index is 737. The highest BCUT2D eigenvalue weighted by molar-refractivity contribution is 7.93. The quantitative estimate of drug-likeness (QED) is 0.504. The molecule has 1 saturated heterocycles. The lowest BCUT2D eigenvalue weighted by Crippen LogP contribution is -2.54. The van der Waals surface area contributed by atoms with E-state index in [1.165, 1.54) is 17.6 Å². The van der Waals surface area contributed by atoms with Crippen molar-refractivity contribution in [1.82, 2.24) is 5.48 Å². The van der Waals surface area contributed by atoms with Crippen molar-refractivity contribution in [3.63, 3.8) is 0 Å². The summed E-state index contributed by atoms with van der Waals surface area (Å²) < 4.78 is 40.6. The second-order valence-electron chi connectivity index (χ2n) is 7.08. The highest BCUT2D eigenvalue weighted by Crippen LogP contribution is 2.35. The highest BCUT2D eigenvalue weighted by atomic mass is 32.2. The standard InChI is InChI=1S/C18H27NO7S/c1-17(2,24-3)8-13-26-14-4-6-15(7-5-14)27(22,23)18(16(20)19-21)9-11-25-12-10-18/h4-7,21H,8-13H2,1-3H3,(H,19,20). The summed E-state index contributed by atoms with van der Waals surface area (Å²) >= 11 is 0. The van der Waals surface area contributed by atoms with E-state index < -0.39 is 20.5 Å². The average Bonchev–Trinajstić information content (AvgIpc) is 2.68. The predicted octanol–water partition coefficient (Wildman–Crippen LogP) is 1.71. The molecule has 1 fully saturated rings. The fraction of sp³-hybridized carbons (Fsp3) is 0.611. The highest BCUT2D eigenvalue weighted by Gasteiger charge is 2.52. The molecule has 2 rings (SSSR count). The van der Waals surface area contributed by atoms with E-state index >= 15 is 0 Å². The number of hydroxylamine groups is 1. The number of carbonyl (C=O) groups is 1. The summed E-state index contributed by atoms with van der Waals surface area (Å²) in [7, 11) is -2.39. The number of amides is 1. The summed E-state index contributed by atoms with van der Waals surface area (Å²) in [5.41, 5.74) is 1.19. The van der Waals surface area contributed by atoms with Gasteiger partial charge in [0.2, 0.25) is 0 Å². The van der Waals surface area contributed by atoms with Gasteiger partial charge in [-0.05, 0) is 51.0 Å². The van der Waals surface area contributed by atoms with Crippen LogP contribution in [0, 0.1) is 0 Å². The van der Waals surface area contributed by atoms with Crippen LogP contribution in [0.25, 0.3) is 0 Å². The molecule has 152 valence electrons.